The van der Waals surface area contributed by atoms with Gasteiger partial charge in [0.2, 0.25) is 5.91 Å². The molecule has 0 aromatic heterocycles. The van der Waals surface area contributed by atoms with Gasteiger partial charge in [-0.3, -0.25) is 14.9 Å². The Morgan fingerprint density at radius 1 is 1.32 bits per heavy atom. The number of amides is 2. The number of nitro groups is 1. The van der Waals surface area contributed by atoms with Gasteiger partial charge in [0, 0.05) is 24.6 Å². The Morgan fingerprint density at radius 2 is 1.93 bits per heavy atom. The van der Waals surface area contributed by atoms with Gasteiger partial charge in [-0.1, -0.05) is 0 Å². The zero-order chi connectivity index (χ0) is 21.6. The Bertz CT molecular complexity index is 746. The molecule has 0 aliphatic rings. The van der Waals surface area contributed by atoms with E-state index in [9.17, 15) is 19.7 Å². The quantitative estimate of drug-likeness (QED) is 0.380. The van der Waals surface area contributed by atoms with E-state index < -0.39 is 34.4 Å². The van der Waals surface area contributed by atoms with Gasteiger partial charge in [-0.25, -0.2) is 9.63 Å². The summed E-state index contributed by atoms with van der Waals surface area (Å²) in [5.41, 5.74) is 10.0. The molecule has 0 heterocycles. The SMILES string of the molecule is CCN(OC(N)Cc1c(OC)cc(C(N)=O)cc1[N+](=O)[O-])C(=O)OC(C)(C)C. The number of carbonyl (C=O) groups is 2. The van der Waals surface area contributed by atoms with Crippen LogP contribution < -0.4 is 16.2 Å². The summed E-state index contributed by atoms with van der Waals surface area (Å²) in [7, 11) is 1.29. The summed E-state index contributed by atoms with van der Waals surface area (Å²) < 4.78 is 10.4. The fraction of sp³-hybridized carbons (Fsp3) is 0.529. The van der Waals surface area contributed by atoms with Crippen molar-refractivity contribution in [3.8, 4) is 5.75 Å². The van der Waals surface area contributed by atoms with Gasteiger partial charge in [0.1, 0.15) is 17.6 Å². The van der Waals surface area contributed by atoms with E-state index in [0.29, 0.717) is 0 Å². The van der Waals surface area contributed by atoms with E-state index >= 15 is 0 Å². The van der Waals surface area contributed by atoms with Crippen LogP contribution in [0, 0.1) is 10.1 Å². The minimum atomic E-state index is -1.13. The minimum absolute atomic E-state index is 0.0577. The molecule has 28 heavy (non-hydrogen) atoms. The van der Waals surface area contributed by atoms with Crippen molar-refractivity contribution in [3.63, 3.8) is 0 Å². The molecule has 11 heteroatoms. The van der Waals surface area contributed by atoms with Crippen molar-refractivity contribution in [2.45, 2.75) is 45.9 Å². The van der Waals surface area contributed by atoms with Crippen molar-refractivity contribution in [2.24, 2.45) is 11.5 Å². The highest BCUT2D eigenvalue weighted by Gasteiger charge is 2.27. The van der Waals surface area contributed by atoms with Gasteiger partial charge in [0.15, 0.2) is 0 Å². The fourth-order valence-corrected chi connectivity index (χ4v) is 2.28. The zero-order valence-corrected chi connectivity index (χ0v) is 16.6. The predicted molar refractivity (Wildman–Crippen MR) is 99.5 cm³/mol. The first-order chi connectivity index (χ1) is 12.9. The van der Waals surface area contributed by atoms with E-state index in [1.807, 2.05) is 0 Å². The number of carbonyl (C=O) groups excluding carboxylic acids is 2. The summed E-state index contributed by atoms with van der Waals surface area (Å²) in [5, 5.41) is 12.3. The third-order valence-electron chi connectivity index (χ3n) is 3.44. The maximum Gasteiger partial charge on any atom is 0.434 e. The van der Waals surface area contributed by atoms with Crippen LogP contribution >= 0.6 is 0 Å². The number of benzene rings is 1. The molecule has 1 aromatic rings. The molecule has 0 saturated carbocycles. The topological polar surface area (TPSA) is 160 Å². The highest BCUT2D eigenvalue weighted by molar-refractivity contribution is 5.94. The number of nitrogens with two attached hydrogens (primary N) is 2. The lowest BCUT2D eigenvalue weighted by Crippen LogP contribution is -2.42. The Hall–Kier alpha value is -2.92. The number of hydrogen-bond donors (Lipinski definition) is 2. The number of rotatable bonds is 8. The van der Waals surface area contributed by atoms with Gasteiger partial charge in [0.05, 0.1) is 17.6 Å². The van der Waals surface area contributed by atoms with Gasteiger partial charge < -0.3 is 20.9 Å². The highest BCUT2D eigenvalue weighted by atomic mass is 16.7. The smallest absolute Gasteiger partial charge is 0.434 e. The molecule has 0 bridgehead atoms. The lowest BCUT2D eigenvalue weighted by molar-refractivity contribution is -0.385. The molecule has 0 saturated heterocycles. The third kappa shape index (κ3) is 6.35. The van der Waals surface area contributed by atoms with E-state index in [1.54, 1.807) is 27.7 Å². The number of primary amides is 1. The number of hydroxylamine groups is 2. The summed E-state index contributed by atoms with van der Waals surface area (Å²) in [5.74, 6) is -0.780. The maximum absolute atomic E-state index is 12.1. The summed E-state index contributed by atoms with van der Waals surface area (Å²) in [4.78, 5) is 39.7. The van der Waals surface area contributed by atoms with Gasteiger partial charge in [-0.2, -0.15) is 5.06 Å². The molecule has 0 radical (unpaired) electrons. The number of nitro benzene ring substituents is 1. The molecule has 1 atom stereocenters. The Labute approximate surface area is 162 Å². The van der Waals surface area contributed by atoms with E-state index in [1.165, 1.54) is 13.2 Å². The Morgan fingerprint density at radius 3 is 2.36 bits per heavy atom. The number of methoxy groups -OCH3 is 1. The maximum atomic E-state index is 12.1. The van der Waals surface area contributed by atoms with Crippen LogP contribution in [-0.4, -0.2) is 47.5 Å². The molecule has 1 aromatic carbocycles. The van der Waals surface area contributed by atoms with Crippen molar-refractivity contribution in [2.75, 3.05) is 13.7 Å². The molecule has 0 aliphatic heterocycles. The average Bonchev–Trinajstić information content (AvgIpc) is 2.57. The van der Waals surface area contributed by atoms with E-state index in [4.69, 9.17) is 25.8 Å². The summed E-state index contributed by atoms with van der Waals surface area (Å²) in [6.45, 7) is 6.90. The molecule has 1 unspecified atom stereocenters. The average molecular weight is 398 g/mol. The highest BCUT2D eigenvalue weighted by Crippen LogP contribution is 2.31. The van der Waals surface area contributed by atoms with Crippen LogP contribution in [-0.2, 0) is 16.0 Å². The van der Waals surface area contributed by atoms with Crippen LogP contribution in [0.3, 0.4) is 0 Å². The van der Waals surface area contributed by atoms with Crippen molar-refractivity contribution < 1.29 is 28.8 Å². The lowest BCUT2D eigenvalue weighted by atomic mass is 10.0. The number of nitrogens with zero attached hydrogens (tertiary/aromatic N) is 2. The summed E-state index contributed by atoms with van der Waals surface area (Å²) in [6.07, 6.45) is -2.03. The molecule has 1 rings (SSSR count). The largest absolute Gasteiger partial charge is 0.496 e. The van der Waals surface area contributed by atoms with Crippen LogP contribution in [0.15, 0.2) is 12.1 Å². The second-order valence-corrected chi connectivity index (χ2v) is 6.82. The molecule has 156 valence electrons. The van der Waals surface area contributed by atoms with Gasteiger partial charge >= 0.3 is 6.09 Å². The minimum Gasteiger partial charge on any atom is -0.496 e. The number of ether oxygens (including phenoxy) is 2. The normalized spacial score (nSPS) is 12.2. The second kappa shape index (κ2) is 9.33. The molecular formula is C17H26N4O7. The third-order valence-corrected chi connectivity index (χ3v) is 3.44. The van der Waals surface area contributed by atoms with Crippen molar-refractivity contribution in [3.05, 3.63) is 33.4 Å². The predicted octanol–water partition coefficient (Wildman–Crippen LogP) is 1.72. The Balaban J connectivity index is 3.10. The van der Waals surface area contributed by atoms with Crippen LogP contribution in [0.25, 0.3) is 0 Å². The molecule has 0 aliphatic carbocycles. The summed E-state index contributed by atoms with van der Waals surface area (Å²) >= 11 is 0. The van der Waals surface area contributed by atoms with Crippen LogP contribution in [0.2, 0.25) is 0 Å². The van der Waals surface area contributed by atoms with Crippen molar-refractivity contribution in [1.82, 2.24) is 5.06 Å². The van der Waals surface area contributed by atoms with Crippen LogP contribution in [0.1, 0.15) is 43.6 Å². The first kappa shape index (κ1) is 23.1. The first-order valence-electron chi connectivity index (χ1n) is 8.47. The zero-order valence-electron chi connectivity index (χ0n) is 16.6. The molecule has 2 amide bonds. The van der Waals surface area contributed by atoms with E-state index in [-0.39, 0.29) is 29.8 Å². The van der Waals surface area contributed by atoms with E-state index in [0.717, 1.165) is 11.1 Å². The van der Waals surface area contributed by atoms with Gasteiger partial charge in [-0.15, -0.1) is 0 Å². The second-order valence-electron chi connectivity index (χ2n) is 6.82. The number of hydrogen-bond acceptors (Lipinski definition) is 8. The van der Waals surface area contributed by atoms with Gasteiger partial charge in [0.25, 0.3) is 5.69 Å². The van der Waals surface area contributed by atoms with Crippen LogP contribution in [0.4, 0.5) is 10.5 Å². The molecular weight excluding hydrogens is 372 g/mol. The molecule has 0 spiro atoms. The monoisotopic (exact) mass is 398 g/mol. The van der Waals surface area contributed by atoms with Crippen LogP contribution in [0.5, 0.6) is 5.75 Å². The Kier molecular flexibility index (Phi) is 7.70. The molecule has 11 nitrogen and oxygen atoms in total. The van der Waals surface area contributed by atoms with E-state index in [2.05, 4.69) is 0 Å². The van der Waals surface area contributed by atoms with Crippen molar-refractivity contribution >= 4 is 17.7 Å². The molecule has 4 N–H and O–H groups in total. The lowest BCUT2D eigenvalue weighted by Gasteiger charge is -2.27. The standard InChI is InChI=1S/C17H26N4O7/c1-6-20(16(23)27-17(2,3)4)28-14(18)9-11-12(21(24)25)7-10(15(19)22)8-13(11)26-5/h7-8,14H,6,9,18H2,1-5H3,(H2,19,22). The van der Waals surface area contributed by atoms with Crippen molar-refractivity contribution in [1.29, 1.82) is 0 Å². The van der Waals surface area contributed by atoms with Gasteiger partial charge in [-0.05, 0) is 33.8 Å². The first-order valence-corrected chi connectivity index (χ1v) is 8.47. The molecule has 0 fully saturated rings. The fourth-order valence-electron chi connectivity index (χ4n) is 2.28. The summed E-state index contributed by atoms with van der Waals surface area (Å²) in [6, 6.07) is 2.32.